The first-order chi connectivity index (χ1) is 16.4. The standard InChI is InChI=1S/C24H26N6O3S.ClH/c1-14-11-26-21-17(27-14)3-2-4-18(21)29-23(32)24(33)9-7-15(8-10-24)25-12-16-5-6-19-22(28-16)30-20(31)13-34-19;/h2-6,11,15,25,33H,7-10,12-13H2,1H3,(H,29,32)(H,28,30,31);1H. The third-order valence-corrected chi connectivity index (χ3v) is 7.33. The fourth-order valence-electron chi connectivity index (χ4n) is 4.35. The highest BCUT2D eigenvalue weighted by atomic mass is 35.5. The maximum absolute atomic E-state index is 13.0. The number of fused-ring (bicyclic) bond motifs is 2. The average Bonchev–Trinajstić information content (AvgIpc) is 2.83. The van der Waals surface area contributed by atoms with E-state index in [4.69, 9.17) is 0 Å². The van der Waals surface area contributed by atoms with E-state index in [-0.39, 0.29) is 24.4 Å². The number of anilines is 2. The van der Waals surface area contributed by atoms with Crippen LogP contribution in [0.2, 0.25) is 0 Å². The van der Waals surface area contributed by atoms with Crippen molar-refractivity contribution >= 4 is 58.5 Å². The van der Waals surface area contributed by atoms with Gasteiger partial charge >= 0.3 is 0 Å². The van der Waals surface area contributed by atoms with E-state index in [0.29, 0.717) is 60.5 Å². The monoisotopic (exact) mass is 514 g/mol. The molecule has 2 aliphatic rings. The molecule has 1 aliphatic carbocycles. The minimum absolute atomic E-state index is 0. The summed E-state index contributed by atoms with van der Waals surface area (Å²) in [7, 11) is 0. The maximum Gasteiger partial charge on any atom is 0.256 e. The second-order valence-electron chi connectivity index (χ2n) is 8.81. The molecule has 1 saturated carbocycles. The number of rotatable bonds is 5. The van der Waals surface area contributed by atoms with E-state index in [1.165, 1.54) is 11.8 Å². The fraction of sp³-hybridized carbons (Fsp3) is 0.375. The molecule has 184 valence electrons. The number of carbonyl (C=O) groups is 2. The van der Waals surface area contributed by atoms with Crippen molar-refractivity contribution in [3.8, 4) is 0 Å². The zero-order valence-corrected chi connectivity index (χ0v) is 20.8. The quantitative estimate of drug-likeness (QED) is 0.408. The van der Waals surface area contributed by atoms with Crippen LogP contribution in [-0.2, 0) is 16.1 Å². The van der Waals surface area contributed by atoms with Gasteiger partial charge in [0.25, 0.3) is 5.91 Å². The van der Waals surface area contributed by atoms with E-state index in [1.54, 1.807) is 12.3 Å². The molecule has 5 rings (SSSR count). The van der Waals surface area contributed by atoms with Crippen molar-refractivity contribution in [2.45, 2.75) is 55.7 Å². The summed E-state index contributed by atoms with van der Waals surface area (Å²) in [5.74, 6) is 0.581. The Labute approximate surface area is 213 Å². The number of aryl methyl sites for hydroxylation is 1. The number of nitrogens with zero attached hydrogens (tertiary/aromatic N) is 3. The maximum atomic E-state index is 13.0. The molecule has 9 nitrogen and oxygen atoms in total. The summed E-state index contributed by atoms with van der Waals surface area (Å²) in [6, 6.07) is 9.54. The van der Waals surface area contributed by atoms with Gasteiger partial charge < -0.3 is 21.1 Å². The highest BCUT2D eigenvalue weighted by molar-refractivity contribution is 8.00. The SMILES string of the molecule is Cc1cnc2c(NC(=O)C3(O)CCC(NCc4ccc5c(n4)NC(=O)CS5)CC3)cccc2n1.Cl. The van der Waals surface area contributed by atoms with Gasteiger partial charge in [-0.05, 0) is 56.9 Å². The number of hydrogen-bond donors (Lipinski definition) is 4. The molecule has 1 fully saturated rings. The van der Waals surface area contributed by atoms with E-state index in [0.717, 1.165) is 16.3 Å². The molecule has 3 aromatic rings. The van der Waals surface area contributed by atoms with Gasteiger partial charge in [0.2, 0.25) is 5.91 Å². The van der Waals surface area contributed by atoms with Gasteiger partial charge in [-0.3, -0.25) is 14.6 Å². The van der Waals surface area contributed by atoms with Crippen LogP contribution < -0.4 is 16.0 Å². The van der Waals surface area contributed by atoms with Crippen LogP contribution in [0.4, 0.5) is 11.5 Å². The van der Waals surface area contributed by atoms with Crippen LogP contribution in [0.1, 0.15) is 37.1 Å². The Morgan fingerprint density at radius 2 is 2.03 bits per heavy atom. The Bertz CT molecular complexity index is 1270. The summed E-state index contributed by atoms with van der Waals surface area (Å²) in [4.78, 5) is 38.9. The molecule has 35 heavy (non-hydrogen) atoms. The Morgan fingerprint density at radius 1 is 1.23 bits per heavy atom. The predicted octanol–water partition coefficient (Wildman–Crippen LogP) is 3.20. The highest BCUT2D eigenvalue weighted by Crippen LogP contribution is 2.32. The van der Waals surface area contributed by atoms with Gasteiger partial charge in [0.1, 0.15) is 16.9 Å². The van der Waals surface area contributed by atoms with Gasteiger partial charge in [-0.15, -0.1) is 24.2 Å². The minimum Gasteiger partial charge on any atom is -0.380 e. The molecule has 2 amide bonds. The summed E-state index contributed by atoms with van der Waals surface area (Å²) < 4.78 is 0. The number of halogens is 1. The summed E-state index contributed by atoms with van der Waals surface area (Å²) >= 11 is 1.49. The van der Waals surface area contributed by atoms with E-state index >= 15 is 0 Å². The minimum atomic E-state index is -1.43. The lowest BCUT2D eigenvalue weighted by Gasteiger charge is -2.35. The number of nitrogens with one attached hydrogen (secondary N) is 3. The van der Waals surface area contributed by atoms with Gasteiger partial charge in [-0.1, -0.05) is 6.07 Å². The van der Waals surface area contributed by atoms with Crippen LogP contribution in [0.3, 0.4) is 0 Å². The number of pyridine rings is 1. The van der Waals surface area contributed by atoms with Crippen molar-refractivity contribution < 1.29 is 14.7 Å². The first kappa shape index (κ1) is 25.3. The van der Waals surface area contributed by atoms with Crippen molar-refractivity contribution in [2.75, 3.05) is 16.4 Å². The summed E-state index contributed by atoms with van der Waals surface area (Å²) in [6.45, 7) is 2.42. The molecule has 11 heteroatoms. The van der Waals surface area contributed by atoms with Gasteiger partial charge in [-0.25, -0.2) is 9.97 Å². The molecular formula is C24H27ClN6O3S. The van der Waals surface area contributed by atoms with Crippen molar-refractivity contribution in [3.63, 3.8) is 0 Å². The first-order valence-electron chi connectivity index (χ1n) is 11.3. The van der Waals surface area contributed by atoms with Crippen molar-refractivity contribution in [2.24, 2.45) is 0 Å². The van der Waals surface area contributed by atoms with Crippen molar-refractivity contribution in [1.82, 2.24) is 20.3 Å². The van der Waals surface area contributed by atoms with Crippen LogP contribution in [0.15, 0.2) is 41.4 Å². The molecule has 0 spiro atoms. The van der Waals surface area contributed by atoms with Crippen molar-refractivity contribution in [1.29, 1.82) is 0 Å². The molecular weight excluding hydrogens is 488 g/mol. The normalized spacial score (nSPS) is 21.5. The largest absolute Gasteiger partial charge is 0.380 e. The molecule has 2 aromatic heterocycles. The number of carbonyl (C=O) groups excluding carboxylic acids is 2. The van der Waals surface area contributed by atoms with Gasteiger partial charge in [-0.2, -0.15) is 0 Å². The molecule has 4 N–H and O–H groups in total. The number of aliphatic hydroxyl groups is 1. The van der Waals surface area contributed by atoms with Crippen LogP contribution in [-0.4, -0.2) is 49.3 Å². The van der Waals surface area contributed by atoms with E-state index in [2.05, 4.69) is 30.9 Å². The van der Waals surface area contributed by atoms with Gasteiger partial charge in [0.05, 0.1) is 33.2 Å². The lowest BCUT2D eigenvalue weighted by atomic mass is 9.81. The van der Waals surface area contributed by atoms with Crippen LogP contribution in [0, 0.1) is 6.92 Å². The third kappa shape index (κ3) is 5.56. The Balaban J connectivity index is 0.00000289. The number of aromatic nitrogens is 3. The molecule has 0 bridgehead atoms. The Morgan fingerprint density at radius 3 is 2.83 bits per heavy atom. The fourth-order valence-corrected chi connectivity index (χ4v) is 5.11. The molecule has 0 atom stereocenters. The predicted molar refractivity (Wildman–Crippen MR) is 138 cm³/mol. The molecule has 0 unspecified atom stereocenters. The van der Waals surface area contributed by atoms with Gasteiger partial charge in [0.15, 0.2) is 0 Å². The third-order valence-electron chi connectivity index (χ3n) is 6.28. The molecule has 3 heterocycles. The van der Waals surface area contributed by atoms with Gasteiger partial charge in [0, 0.05) is 18.8 Å². The Kier molecular flexibility index (Phi) is 7.56. The zero-order chi connectivity index (χ0) is 23.7. The average molecular weight is 515 g/mol. The smallest absolute Gasteiger partial charge is 0.256 e. The van der Waals surface area contributed by atoms with E-state index in [1.807, 2.05) is 31.2 Å². The number of benzene rings is 1. The zero-order valence-electron chi connectivity index (χ0n) is 19.2. The van der Waals surface area contributed by atoms with Crippen LogP contribution >= 0.6 is 24.2 Å². The molecule has 0 saturated heterocycles. The lowest BCUT2D eigenvalue weighted by Crippen LogP contribution is -2.48. The number of thioether (sulfide) groups is 1. The van der Waals surface area contributed by atoms with Crippen LogP contribution in [0.25, 0.3) is 11.0 Å². The van der Waals surface area contributed by atoms with Crippen molar-refractivity contribution in [3.05, 3.63) is 47.9 Å². The number of hydrogen-bond acceptors (Lipinski definition) is 8. The van der Waals surface area contributed by atoms with E-state index in [9.17, 15) is 14.7 Å². The van der Waals surface area contributed by atoms with E-state index < -0.39 is 11.5 Å². The second kappa shape index (κ2) is 10.4. The summed E-state index contributed by atoms with van der Waals surface area (Å²) in [6.07, 6.45) is 3.70. The number of para-hydroxylation sites is 1. The number of amides is 2. The Hall–Kier alpha value is -2.79. The first-order valence-corrected chi connectivity index (χ1v) is 12.3. The molecule has 1 aromatic carbocycles. The lowest BCUT2D eigenvalue weighted by molar-refractivity contribution is -0.137. The molecule has 1 aliphatic heterocycles. The molecule has 0 radical (unpaired) electrons. The topological polar surface area (TPSA) is 129 Å². The van der Waals surface area contributed by atoms with Crippen LogP contribution in [0.5, 0.6) is 0 Å². The summed E-state index contributed by atoms with van der Waals surface area (Å²) in [5.41, 5.74) is 2.07. The second-order valence-corrected chi connectivity index (χ2v) is 9.83. The highest BCUT2D eigenvalue weighted by Gasteiger charge is 2.40. The summed E-state index contributed by atoms with van der Waals surface area (Å²) in [5, 5.41) is 20.2.